The number of ether oxygens (including phenoxy) is 2. The minimum absolute atomic E-state index is 0.0435. The van der Waals surface area contributed by atoms with Gasteiger partial charge in [-0.15, -0.1) is 11.8 Å². The van der Waals surface area contributed by atoms with Crippen LogP contribution in [0.2, 0.25) is 0 Å². The number of rotatable bonds is 9. The van der Waals surface area contributed by atoms with Crippen LogP contribution in [0.4, 0.5) is 10.5 Å². The van der Waals surface area contributed by atoms with Crippen LogP contribution in [0.1, 0.15) is 52.8 Å². The van der Waals surface area contributed by atoms with E-state index in [1.165, 1.54) is 17.8 Å². The molecule has 0 saturated carbocycles. The van der Waals surface area contributed by atoms with Crippen LogP contribution in [0.3, 0.4) is 0 Å². The Labute approximate surface area is 219 Å². The standard InChI is InChI=1S/C27H29N3O6S/c1-2-28-27(34)30-20-6-3-5-19(13-20)26-35-21(16-37-24-22(25(32)33)7-4-12-29-24)14-23(36-26)18-10-8-17(15-31)9-11-18/h3-13,21,23,26,31H,2,14-16H2,1H3,(H,32,33)(H2,28,30,34)/t21-,23+,26+/m1/s1. The lowest BCUT2D eigenvalue weighted by Crippen LogP contribution is -2.31. The number of hydrogen-bond acceptors (Lipinski definition) is 7. The molecule has 1 aliphatic rings. The molecule has 2 aromatic carbocycles. The molecule has 9 nitrogen and oxygen atoms in total. The van der Waals surface area contributed by atoms with Crippen LogP contribution in [0.5, 0.6) is 0 Å². The Hall–Kier alpha value is -3.44. The fraction of sp³-hybridized carbons (Fsp3) is 0.296. The summed E-state index contributed by atoms with van der Waals surface area (Å²) in [5.41, 5.74) is 3.25. The van der Waals surface area contributed by atoms with Gasteiger partial charge in [-0.25, -0.2) is 14.6 Å². The molecule has 0 spiro atoms. The van der Waals surface area contributed by atoms with E-state index in [4.69, 9.17) is 9.47 Å². The van der Waals surface area contributed by atoms with E-state index in [9.17, 15) is 19.8 Å². The Morgan fingerprint density at radius 2 is 1.89 bits per heavy atom. The lowest BCUT2D eigenvalue weighted by molar-refractivity contribution is -0.245. The van der Waals surface area contributed by atoms with E-state index in [2.05, 4.69) is 15.6 Å². The van der Waals surface area contributed by atoms with Crippen LogP contribution < -0.4 is 10.6 Å². The van der Waals surface area contributed by atoms with Gasteiger partial charge in [0.15, 0.2) is 6.29 Å². The summed E-state index contributed by atoms with van der Waals surface area (Å²) in [5, 5.41) is 24.8. The molecule has 10 heteroatoms. The number of carboxylic acids is 1. The van der Waals surface area contributed by atoms with Crippen molar-refractivity contribution in [2.24, 2.45) is 0 Å². The van der Waals surface area contributed by atoms with Gasteiger partial charge in [0, 0.05) is 36.2 Å². The average Bonchev–Trinajstić information content (AvgIpc) is 2.92. The number of nitrogens with one attached hydrogen (secondary N) is 2. The first kappa shape index (κ1) is 26.6. The number of benzene rings is 2. The highest BCUT2D eigenvalue weighted by atomic mass is 32.2. The van der Waals surface area contributed by atoms with Crippen LogP contribution in [-0.4, -0.2) is 45.6 Å². The van der Waals surface area contributed by atoms with Crippen molar-refractivity contribution in [2.45, 2.75) is 43.5 Å². The summed E-state index contributed by atoms with van der Waals surface area (Å²) >= 11 is 1.33. The third-order valence-electron chi connectivity index (χ3n) is 5.78. The van der Waals surface area contributed by atoms with Crippen molar-refractivity contribution >= 4 is 29.4 Å². The topological polar surface area (TPSA) is 130 Å². The number of amides is 2. The molecule has 2 amide bonds. The molecular weight excluding hydrogens is 494 g/mol. The molecule has 0 bridgehead atoms. The van der Waals surface area contributed by atoms with E-state index >= 15 is 0 Å². The third-order valence-corrected chi connectivity index (χ3v) is 6.91. The molecule has 0 unspecified atom stereocenters. The molecule has 2 heterocycles. The number of thioether (sulfide) groups is 1. The van der Waals surface area contributed by atoms with Crippen molar-refractivity contribution in [1.82, 2.24) is 10.3 Å². The van der Waals surface area contributed by atoms with Gasteiger partial charge in [-0.05, 0) is 42.3 Å². The Kier molecular flexibility index (Phi) is 9.13. The summed E-state index contributed by atoms with van der Waals surface area (Å²) in [6, 6.07) is 17.7. The normalized spacial score (nSPS) is 19.2. The summed E-state index contributed by atoms with van der Waals surface area (Å²) in [6.07, 6.45) is 0.852. The highest BCUT2D eigenvalue weighted by Crippen LogP contribution is 2.40. The van der Waals surface area contributed by atoms with Gasteiger partial charge in [-0.2, -0.15) is 0 Å². The number of aromatic carboxylic acids is 1. The summed E-state index contributed by atoms with van der Waals surface area (Å²) in [7, 11) is 0. The second-order valence-electron chi connectivity index (χ2n) is 8.43. The number of aromatic nitrogens is 1. The molecule has 37 heavy (non-hydrogen) atoms. The van der Waals surface area contributed by atoms with Gasteiger partial charge in [0.05, 0.1) is 24.4 Å². The zero-order valence-electron chi connectivity index (χ0n) is 20.3. The molecular formula is C27H29N3O6S. The van der Waals surface area contributed by atoms with Crippen molar-refractivity contribution < 1.29 is 29.3 Å². The predicted octanol–water partition coefficient (Wildman–Crippen LogP) is 4.75. The lowest BCUT2D eigenvalue weighted by Gasteiger charge is -2.36. The van der Waals surface area contributed by atoms with Crippen LogP contribution in [0.15, 0.2) is 71.9 Å². The van der Waals surface area contributed by atoms with E-state index < -0.39 is 12.3 Å². The van der Waals surface area contributed by atoms with E-state index in [1.54, 1.807) is 18.3 Å². The molecule has 1 fully saturated rings. The average molecular weight is 524 g/mol. The number of nitrogens with zero attached hydrogens (tertiary/aromatic N) is 1. The van der Waals surface area contributed by atoms with Gasteiger partial charge < -0.3 is 30.3 Å². The van der Waals surface area contributed by atoms with E-state index in [0.717, 1.165) is 16.7 Å². The summed E-state index contributed by atoms with van der Waals surface area (Å²) in [5.74, 6) is -0.557. The number of anilines is 1. The molecule has 3 atom stereocenters. The van der Waals surface area contributed by atoms with Gasteiger partial charge >= 0.3 is 12.0 Å². The smallest absolute Gasteiger partial charge is 0.338 e. The van der Waals surface area contributed by atoms with Crippen molar-refractivity contribution in [1.29, 1.82) is 0 Å². The molecule has 0 radical (unpaired) electrons. The minimum Gasteiger partial charge on any atom is -0.478 e. The fourth-order valence-corrected chi connectivity index (χ4v) is 4.97. The van der Waals surface area contributed by atoms with Gasteiger partial charge in [0.25, 0.3) is 0 Å². The number of pyridine rings is 1. The van der Waals surface area contributed by atoms with Crippen LogP contribution in [0, 0.1) is 0 Å². The largest absolute Gasteiger partial charge is 0.478 e. The van der Waals surface area contributed by atoms with Gasteiger partial charge in [-0.1, -0.05) is 36.4 Å². The molecule has 1 saturated heterocycles. The zero-order valence-corrected chi connectivity index (χ0v) is 21.1. The van der Waals surface area contributed by atoms with Crippen molar-refractivity contribution in [3.05, 3.63) is 89.1 Å². The highest BCUT2D eigenvalue weighted by Gasteiger charge is 2.32. The number of urea groups is 1. The maximum atomic E-state index is 12.0. The second-order valence-corrected chi connectivity index (χ2v) is 9.44. The van der Waals surface area contributed by atoms with Crippen LogP contribution in [-0.2, 0) is 16.1 Å². The van der Waals surface area contributed by atoms with E-state index in [-0.39, 0.29) is 30.4 Å². The summed E-state index contributed by atoms with van der Waals surface area (Å²) in [4.78, 5) is 27.8. The van der Waals surface area contributed by atoms with E-state index in [0.29, 0.717) is 29.4 Å². The Morgan fingerprint density at radius 1 is 1.08 bits per heavy atom. The number of aliphatic hydroxyl groups excluding tert-OH is 1. The number of hydrogen-bond donors (Lipinski definition) is 4. The van der Waals surface area contributed by atoms with Crippen LogP contribution >= 0.6 is 11.8 Å². The number of carbonyl (C=O) groups excluding carboxylic acids is 1. The number of aliphatic hydroxyl groups is 1. The summed E-state index contributed by atoms with van der Waals surface area (Å²) < 4.78 is 12.7. The first-order chi connectivity index (χ1) is 18.0. The molecule has 0 aliphatic carbocycles. The zero-order chi connectivity index (χ0) is 26.2. The molecule has 1 aliphatic heterocycles. The first-order valence-corrected chi connectivity index (χ1v) is 12.9. The minimum atomic E-state index is -1.03. The van der Waals surface area contributed by atoms with Gasteiger partial charge in [0.2, 0.25) is 0 Å². The van der Waals surface area contributed by atoms with Crippen molar-refractivity contribution in [2.75, 3.05) is 17.6 Å². The molecule has 3 aromatic rings. The maximum absolute atomic E-state index is 12.0. The van der Waals surface area contributed by atoms with Gasteiger partial charge in [-0.3, -0.25) is 0 Å². The second kappa shape index (κ2) is 12.7. The number of carbonyl (C=O) groups is 2. The number of carboxylic acid groups (broad SMARTS) is 1. The highest BCUT2D eigenvalue weighted by molar-refractivity contribution is 7.99. The Morgan fingerprint density at radius 3 is 2.62 bits per heavy atom. The SMILES string of the molecule is CCNC(=O)Nc1cccc([C@H]2O[C@@H](CSc3ncccc3C(=O)O)C[C@@H](c3ccc(CO)cc3)O2)c1. The van der Waals surface area contributed by atoms with Crippen LogP contribution in [0.25, 0.3) is 0 Å². The first-order valence-electron chi connectivity index (χ1n) is 11.9. The third kappa shape index (κ3) is 7.07. The quantitative estimate of drug-likeness (QED) is 0.296. The maximum Gasteiger partial charge on any atom is 0.338 e. The lowest BCUT2D eigenvalue weighted by atomic mass is 10.0. The Balaban J connectivity index is 1.56. The fourth-order valence-electron chi connectivity index (χ4n) is 3.96. The van der Waals surface area contributed by atoms with Crippen molar-refractivity contribution in [3.8, 4) is 0 Å². The molecule has 4 rings (SSSR count). The monoisotopic (exact) mass is 523 g/mol. The Bertz CT molecular complexity index is 1220. The molecule has 4 N–H and O–H groups in total. The van der Waals surface area contributed by atoms with Gasteiger partial charge in [0.1, 0.15) is 5.03 Å². The predicted molar refractivity (Wildman–Crippen MR) is 139 cm³/mol. The summed E-state index contributed by atoms with van der Waals surface area (Å²) in [6.45, 7) is 2.31. The molecule has 1 aromatic heterocycles. The van der Waals surface area contributed by atoms with E-state index in [1.807, 2.05) is 49.4 Å². The van der Waals surface area contributed by atoms with Crippen molar-refractivity contribution in [3.63, 3.8) is 0 Å². The molecule has 194 valence electrons.